The van der Waals surface area contributed by atoms with E-state index in [1.807, 2.05) is 53.1 Å². The van der Waals surface area contributed by atoms with E-state index >= 15 is 0 Å². The van der Waals surface area contributed by atoms with Crippen LogP contribution in [-0.2, 0) is 0 Å². The highest BCUT2D eigenvalue weighted by Gasteiger charge is 2.31. The molecule has 1 saturated carbocycles. The number of pyridine rings is 1. The SMILES string of the molecule is FC(F)(F)Oc1ccc(-n2c3cc(=NC4CCCC4)c(Nc4cccnc4)cc-3nc3ccccc32)cc1. The van der Waals surface area contributed by atoms with Crippen LogP contribution in [0.15, 0.2) is 90.2 Å². The van der Waals surface area contributed by atoms with E-state index in [2.05, 4.69) is 15.0 Å². The molecule has 1 aliphatic heterocycles. The molecule has 2 aromatic carbocycles. The summed E-state index contributed by atoms with van der Waals surface area (Å²) < 4.78 is 44.3. The molecule has 192 valence electrons. The molecule has 1 fully saturated rings. The summed E-state index contributed by atoms with van der Waals surface area (Å²) in [5, 5.41) is 4.25. The van der Waals surface area contributed by atoms with E-state index in [0.29, 0.717) is 5.69 Å². The third-order valence-corrected chi connectivity index (χ3v) is 6.61. The monoisotopic (exact) mass is 515 g/mol. The molecule has 1 aromatic heterocycles. The molecule has 3 aliphatic rings. The molecule has 2 aliphatic carbocycles. The first-order valence-corrected chi connectivity index (χ1v) is 12.5. The van der Waals surface area contributed by atoms with Gasteiger partial charge in [-0.15, -0.1) is 13.2 Å². The zero-order chi connectivity index (χ0) is 26.1. The highest BCUT2D eigenvalue weighted by Crippen LogP contribution is 2.32. The van der Waals surface area contributed by atoms with Crippen LogP contribution in [0.5, 0.6) is 5.75 Å². The first-order valence-electron chi connectivity index (χ1n) is 12.5. The number of anilines is 2. The van der Waals surface area contributed by atoms with Gasteiger partial charge in [0, 0.05) is 11.9 Å². The summed E-state index contributed by atoms with van der Waals surface area (Å²) in [5.41, 5.74) is 5.43. The van der Waals surface area contributed by atoms with Crippen molar-refractivity contribution in [3.63, 3.8) is 0 Å². The van der Waals surface area contributed by atoms with Gasteiger partial charge in [-0.2, -0.15) is 0 Å². The van der Waals surface area contributed by atoms with Gasteiger partial charge < -0.3 is 14.6 Å². The summed E-state index contributed by atoms with van der Waals surface area (Å²) in [6.45, 7) is 0. The standard InChI is InChI=1S/C29H24F3N5O/c30-29(31,32)38-22-13-11-21(12-14-22)37-27-10-4-3-9-23(27)36-26-16-24(35-20-8-5-15-33-18-20)25(17-28(26)37)34-19-6-1-2-7-19/h3-5,8-19,35H,1-2,6-7H2. The maximum Gasteiger partial charge on any atom is 0.573 e. The van der Waals surface area contributed by atoms with Crippen LogP contribution >= 0.6 is 0 Å². The molecule has 6 rings (SSSR count). The third-order valence-electron chi connectivity index (χ3n) is 6.61. The molecule has 0 spiro atoms. The van der Waals surface area contributed by atoms with E-state index in [1.54, 1.807) is 24.5 Å². The number of alkyl halides is 3. The van der Waals surface area contributed by atoms with E-state index in [9.17, 15) is 13.2 Å². The van der Waals surface area contributed by atoms with Gasteiger partial charge in [0.2, 0.25) is 0 Å². The van der Waals surface area contributed by atoms with Gasteiger partial charge in [-0.3, -0.25) is 9.98 Å². The number of nitrogens with zero attached hydrogens (tertiary/aromatic N) is 4. The van der Waals surface area contributed by atoms with Crippen LogP contribution in [0.2, 0.25) is 0 Å². The Kier molecular flexibility index (Phi) is 6.19. The van der Waals surface area contributed by atoms with Crippen LogP contribution in [0.25, 0.3) is 28.1 Å². The van der Waals surface area contributed by atoms with E-state index in [-0.39, 0.29) is 11.8 Å². The number of aromatic nitrogens is 3. The second kappa shape index (κ2) is 9.81. The summed E-state index contributed by atoms with van der Waals surface area (Å²) in [5.74, 6) is -0.274. The number of hydrogen-bond donors (Lipinski definition) is 1. The summed E-state index contributed by atoms with van der Waals surface area (Å²) in [6, 6.07) is 21.6. The minimum absolute atomic E-state index is 0.238. The van der Waals surface area contributed by atoms with Crippen molar-refractivity contribution in [2.24, 2.45) is 4.99 Å². The summed E-state index contributed by atoms with van der Waals surface area (Å²) in [4.78, 5) is 14.2. The minimum atomic E-state index is -4.75. The van der Waals surface area contributed by atoms with Crippen LogP contribution in [-0.4, -0.2) is 26.9 Å². The second-order valence-corrected chi connectivity index (χ2v) is 9.27. The Hall–Kier alpha value is -4.40. The molecule has 3 aromatic rings. The first-order chi connectivity index (χ1) is 18.4. The van der Waals surface area contributed by atoms with Crippen molar-refractivity contribution in [1.82, 2.24) is 14.5 Å². The van der Waals surface area contributed by atoms with Crippen molar-refractivity contribution in [3.8, 4) is 22.8 Å². The fraction of sp³-hybridized carbons (Fsp3) is 0.207. The molecule has 0 saturated heterocycles. The Balaban J connectivity index is 1.56. The lowest BCUT2D eigenvalue weighted by Gasteiger charge is -2.21. The van der Waals surface area contributed by atoms with Gasteiger partial charge in [-0.25, -0.2) is 4.98 Å². The fourth-order valence-corrected chi connectivity index (χ4v) is 4.95. The predicted octanol–water partition coefficient (Wildman–Crippen LogP) is 7.01. The number of para-hydroxylation sites is 2. The number of benzene rings is 3. The van der Waals surface area contributed by atoms with Gasteiger partial charge >= 0.3 is 6.36 Å². The van der Waals surface area contributed by atoms with Crippen LogP contribution in [0.1, 0.15) is 25.7 Å². The number of halogens is 3. The molecule has 1 N–H and O–H groups in total. The van der Waals surface area contributed by atoms with Crippen molar-refractivity contribution in [2.75, 3.05) is 5.32 Å². The smallest absolute Gasteiger partial charge is 0.406 e. The Morgan fingerprint density at radius 2 is 1.74 bits per heavy atom. The van der Waals surface area contributed by atoms with Crippen molar-refractivity contribution in [3.05, 3.63) is 90.5 Å². The minimum Gasteiger partial charge on any atom is -0.406 e. The van der Waals surface area contributed by atoms with E-state index < -0.39 is 6.36 Å². The Morgan fingerprint density at radius 3 is 2.47 bits per heavy atom. The number of nitrogens with one attached hydrogen (secondary N) is 1. The Bertz CT molecular complexity index is 1610. The number of hydrogen-bond acceptors (Lipinski definition) is 5. The number of ether oxygens (including phenoxy) is 1. The highest BCUT2D eigenvalue weighted by atomic mass is 19.4. The summed E-state index contributed by atoms with van der Waals surface area (Å²) in [6.07, 6.45) is 3.12. The molecule has 6 nitrogen and oxygen atoms in total. The largest absolute Gasteiger partial charge is 0.573 e. The van der Waals surface area contributed by atoms with Gasteiger partial charge in [-0.05, 0) is 73.5 Å². The average Bonchev–Trinajstić information content (AvgIpc) is 3.41. The number of fused-ring (bicyclic) bond motifs is 2. The summed E-state index contributed by atoms with van der Waals surface area (Å²) in [7, 11) is 0. The lowest BCUT2D eigenvalue weighted by atomic mass is 10.1. The fourth-order valence-electron chi connectivity index (χ4n) is 4.95. The van der Waals surface area contributed by atoms with Gasteiger partial charge in [0.25, 0.3) is 0 Å². The van der Waals surface area contributed by atoms with Gasteiger partial charge in [0.15, 0.2) is 0 Å². The zero-order valence-corrected chi connectivity index (χ0v) is 20.3. The van der Waals surface area contributed by atoms with E-state index in [1.165, 1.54) is 12.1 Å². The van der Waals surface area contributed by atoms with Crippen molar-refractivity contribution in [2.45, 2.75) is 38.1 Å². The Morgan fingerprint density at radius 1 is 0.947 bits per heavy atom. The topological polar surface area (TPSA) is 64.3 Å². The number of rotatable bonds is 5. The first kappa shape index (κ1) is 24.0. The molecule has 0 unspecified atom stereocenters. The molecule has 0 atom stereocenters. The van der Waals surface area contributed by atoms with Crippen LogP contribution in [0, 0.1) is 0 Å². The molecular formula is C29H24F3N5O. The van der Waals surface area contributed by atoms with Gasteiger partial charge in [-0.1, -0.05) is 25.0 Å². The maximum absolute atomic E-state index is 12.7. The maximum atomic E-state index is 12.7. The van der Waals surface area contributed by atoms with Crippen LogP contribution < -0.4 is 15.4 Å². The molecule has 38 heavy (non-hydrogen) atoms. The normalized spacial score (nSPS) is 14.9. The third kappa shape index (κ3) is 5.04. The second-order valence-electron chi connectivity index (χ2n) is 9.27. The molecule has 2 heterocycles. The van der Waals surface area contributed by atoms with E-state index in [4.69, 9.17) is 9.98 Å². The van der Waals surface area contributed by atoms with Gasteiger partial charge in [0.1, 0.15) is 5.75 Å². The van der Waals surface area contributed by atoms with Crippen molar-refractivity contribution >= 4 is 22.4 Å². The van der Waals surface area contributed by atoms with Gasteiger partial charge in [0.05, 0.1) is 51.4 Å². The quantitative estimate of drug-likeness (QED) is 0.256. The zero-order valence-electron chi connectivity index (χ0n) is 20.3. The molecule has 0 bridgehead atoms. The van der Waals surface area contributed by atoms with Crippen molar-refractivity contribution < 1.29 is 17.9 Å². The van der Waals surface area contributed by atoms with Crippen LogP contribution in [0.3, 0.4) is 0 Å². The summed E-state index contributed by atoms with van der Waals surface area (Å²) >= 11 is 0. The van der Waals surface area contributed by atoms with E-state index in [0.717, 1.165) is 64.8 Å². The Labute approximate surface area is 216 Å². The molecule has 0 amide bonds. The van der Waals surface area contributed by atoms with Crippen molar-refractivity contribution in [1.29, 1.82) is 0 Å². The molecule has 0 radical (unpaired) electrons. The highest BCUT2D eigenvalue weighted by molar-refractivity contribution is 5.84. The molecule has 9 heteroatoms. The molecular weight excluding hydrogens is 491 g/mol. The average molecular weight is 516 g/mol. The lowest BCUT2D eigenvalue weighted by molar-refractivity contribution is -0.274. The van der Waals surface area contributed by atoms with Crippen LogP contribution in [0.4, 0.5) is 24.5 Å². The predicted molar refractivity (Wildman–Crippen MR) is 140 cm³/mol. The lowest BCUT2D eigenvalue weighted by Crippen LogP contribution is -2.18.